The Morgan fingerprint density at radius 1 is 0.941 bits per heavy atom. The minimum Gasteiger partial charge on any atom is -0.466 e. The lowest BCUT2D eigenvalue weighted by Crippen LogP contribution is -2.08. The van der Waals surface area contributed by atoms with Crippen molar-refractivity contribution in [1.29, 1.82) is 0 Å². The SMILES string of the molecule is CCCOCCOCCOC.CCOC(C)=O. The maximum atomic E-state index is 9.82. The van der Waals surface area contributed by atoms with Crippen LogP contribution in [0.5, 0.6) is 0 Å². The average molecular weight is 250 g/mol. The normalized spacial score (nSPS) is 9.41. The summed E-state index contributed by atoms with van der Waals surface area (Å²) >= 11 is 0. The highest BCUT2D eigenvalue weighted by atomic mass is 16.5. The van der Waals surface area contributed by atoms with Crippen LogP contribution < -0.4 is 0 Å². The summed E-state index contributed by atoms with van der Waals surface area (Å²) in [6.45, 7) is 9.25. The molecule has 0 aromatic rings. The third-order valence-electron chi connectivity index (χ3n) is 1.50. The zero-order chi connectivity index (χ0) is 13.4. The van der Waals surface area contributed by atoms with E-state index in [-0.39, 0.29) is 5.97 Å². The number of carbonyl (C=O) groups is 1. The molecular formula is C12H26O5. The van der Waals surface area contributed by atoms with Crippen molar-refractivity contribution in [2.75, 3.05) is 46.8 Å². The van der Waals surface area contributed by atoms with E-state index in [0.717, 1.165) is 13.0 Å². The van der Waals surface area contributed by atoms with Gasteiger partial charge in [-0.25, -0.2) is 0 Å². The Labute approximate surface area is 104 Å². The van der Waals surface area contributed by atoms with Gasteiger partial charge in [0, 0.05) is 20.6 Å². The van der Waals surface area contributed by atoms with Crippen molar-refractivity contribution in [2.45, 2.75) is 27.2 Å². The lowest BCUT2D eigenvalue weighted by molar-refractivity contribution is -0.140. The molecule has 0 aliphatic carbocycles. The third-order valence-corrected chi connectivity index (χ3v) is 1.50. The van der Waals surface area contributed by atoms with Gasteiger partial charge >= 0.3 is 5.97 Å². The van der Waals surface area contributed by atoms with Gasteiger partial charge < -0.3 is 18.9 Å². The molecule has 0 radical (unpaired) electrons. The van der Waals surface area contributed by atoms with Crippen LogP contribution >= 0.6 is 0 Å². The Kier molecular flexibility index (Phi) is 19.5. The number of rotatable bonds is 9. The van der Waals surface area contributed by atoms with Crippen LogP contribution in [0.3, 0.4) is 0 Å². The van der Waals surface area contributed by atoms with Crippen LogP contribution in [0.1, 0.15) is 27.2 Å². The number of hydrogen-bond acceptors (Lipinski definition) is 5. The van der Waals surface area contributed by atoms with Gasteiger partial charge in [0.1, 0.15) is 0 Å². The maximum Gasteiger partial charge on any atom is 0.302 e. The second-order valence-electron chi connectivity index (χ2n) is 3.14. The topological polar surface area (TPSA) is 54.0 Å². The van der Waals surface area contributed by atoms with Gasteiger partial charge in [-0.05, 0) is 13.3 Å². The monoisotopic (exact) mass is 250 g/mol. The molecule has 0 atom stereocenters. The second kappa shape index (κ2) is 17.7. The molecular weight excluding hydrogens is 224 g/mol. The van der Waals surface area contributed by atoms with Crippen molar-refractivity contribution in [1.82, 2.24) is 0 Å². The lowest BCUT2D eigenvalue weighted by atomic mass is 10.5. The summed E-state index contributed by atoms with van der Waals surface area (Å²) in [5, 5.41) is 0. The van der Waals surface area contributed by atoms with Crippen LogP contribution in [0.4, 0.5) is 0 Å². The van der Waals surface area contributed by atoms with E-state index in [0.29, 0.717) is 33.0 Å². The molecule has 0 rings (SSSR count). The number of hydrogen-bond donors (Lipinski definition) is 0. The first kappa shape index (κ1) is 18.7. The van der Waals surface area contributed by atoms with E-state index in [1.54, 1.807) is 14.0 Å². The maximum absolute atomic E-state index is 9.82. The standard InChI is InChI=1S/C8H18O3.C4H8O2/c1-3-4-10-7-8-11-6-5-9-2;1-3-6-4(2)5/h3-8H2,1-2H3;3H2,1-2H3. The molecule has 0 bridgehead atoms. The number of carbonyl (C=O) groups excluding carboxylic acids is 1. The molecule has 0 saturated heterocycles. The summed E-state index contributed by atoms with van der Waals surface area (Å²) in [6.07, 6.45) is 1.07. The minimum absolute atomic E-state index is 0.211. The lowest BCUT2D eigenvalue weighted by Gasteiger charge is -2.03. The summed E-state index contributed by atoms with van der Waals surface area (Å²) in [4.78, 5) is 9.82. The van der Waals surface area contributed by atoms with E-state index in [1.807, 2.05) is 0 Å². The van der Waals surface area contributed by atoms with Crippen molar-refractivity contribution >= 4 is 5.97 Å². The van der Waals surface area contributed by atoms with E-state index in [1.165, 1.54) is 6.92 Å². The van der Waals surface area contributed by atoms with Gasteiger partial charge in [-0.15, -0.1) is 0 Å². The van der Waals surface area contributed by atoms with Gasteiger partial charge in [0.05, 0.1) is 33.0 Å². The fraction of sp³-hybridized carbons (Fsp3) is 0.917. The molecule has 0 aliphatic rings. The van der Waals surface area contributed by atoms with Gasteiger partial charge in [-0.3, -0.25) is 4.79 Å². The zero-order valence-corrected chi connectivity index (χ0v) is 11.5. The largest absolute Gasteiger partial charge is 0.466 e. The molecule has 104 valence electrons. The van der Waals surface area contributed by atoms with Crippen molar-refractivity contribution < 1.29 is 23.7 Å². The van der Waals surface area contributed by atoms with Crippen molar-refractivity contribution in [3.63, 3.8) is 0 Å². The van der Waals surface area contributed by atoms with Gasteiger partial charge in [0.2, 0.25) is 0 Å². The van der Waals surface area contributed by atoms with Crippen LogP contribution in [0.25, 0.3) is 0 Å². The van der Waals surface area contributed by atoms with Crippen LogP contribution in [0, 0.1) is 0 Å². The highest BCUT2D eigenvalue weighted by molar-refractivity contribution is 5.65. The Bertz CT molecular complexity index is 142. The molecule has 0 fully saturated rings. The summed E-state index contributed by atoms with van der Waals surface area (Å²) in [5.74, 6) is -0.211. The highest BCUT2D eigenvalue weighted by Crippen LogP contribution is 1.81. The Morgan fingerprint density at radius 3 is 1.82 bits per heavy atom. The fourth-order valence-electron chi connectivity index (χ4n) is 0.812. The zero-order valence-electron chi connectivity index (χ0n) is 11.5. The first-order chi connectivity index (χ1) is 8.18. The quantitative estimate of drug-likeness (QED) is 0.460. The minimum atomic E-state index is -0.211. The van der Waals surface area contributed by atoms with Crippen molar-refractivity contribution in [2.24, 2.45) is 0 Å². The van der Waals surface area contributed by atoms with Gasteiger partial charge in [0.25, 0.3) is 0 Å². The molecule has 5 heteroatoms. The Morgan fingerprint density at radius 2 is 1.47 bits per heavy atom. The molecule has 0 aliphatic heterocycles. The molecule has 0 unspecified atom stereocenters. The van der Waals surface area contributed by atoms with Crippen LogP contribution in [-0.2, 0) is 23.7 Å². The molecule has 0 spiro atoms. The number of esters is 1. The first-order valence-electron chi connectivity index (χ1n) is 5.96. The summed E-state index contributed by atoms with van der Waals surface area (Å²) in [6, 6.07) is 0. The van der Waals surface area contributed by atoms with Crippen molar-refractivity contribution in [3.8, 4) is 0 Å². The number of ether oxygens (including phenoxy) is 4. The summed E-state index contributed by atoms with van der Waals surface area (Å²) in [7, 11) is 1.66. The van der Waals surface area contributed by atoms with E-state index in [4.69, 9.17) is 14.2 Å². The van der Waals surface area contributed by atoms with E-state index in [9.17, 15) is 4.79 Å². The average Bonchev–Trinajstić information content (AvgIpc) is 2.29. The van der Waals surface area contributed by atoms with Gasteiger partial charge in [0.15, 0.2) is 0 Å². The van der Waals surface area contributed by atoms with E-state index >= 15 is 0 Å². The molecule has 0 saturated carbocycles. The van der Waals surface area contributed by atoms with E-state index in [2.05, 4.69) is 11.7 Å². The summed E-state index contributed by atoms with van der Waals surface area (Å²) in [5.41, 5.74) is 0. The van der Waals surface area contributed by atoms with E-state index < -0.39 is 0 Å². The Hall–Kier alpha value is -0.650. The van der Waals surface area contributed by atoms with Crippen LogP contribution in [0.15, 0.2) is 0 Å². The van der Waals surface area contributed by atoms with Crippen LogP contribution in [-0.4, -0.2) is 52.7 Å². The number of methoxy groups -OCH3 is 1. The predicted molar refractivity (Wildman–Crippen MR) is 66.1 cm³/mol. The molecule has 0 heterocycles. The molecule has 0 aromatic heterocycles. The molecule has 0 N–H and O–H groups in total. The van der Waals surface area contributed by atoms with Gasteiger partial charge in [-0.1, -0.05) is 6.92 Å². The molecule has 17 heavy (non-hydrogen) atoms. The molecule has 5 nitrogen and oxygen atoms in total. The van der Waals surface area contributed by atoms with Crippen LogP contribution in [0.2, 0.25) is 0 Å². The van der Waals surface area contributed by atoms with Crippen molar-refractivity contribution in [3.05, 3.63) is 0 Å². The van der Waals surface area contributed by atoms with Gasteiger partial charge in [-0.2, -0.15) is 0 Å². The first-order valence-corrected chi connectivity index (χ1v) is 5.96. The smallest absolute Gasteiger partial charge is 0.302 e. The third kappa shape index (κ3) is 25.5. The Balaban J connectivity index is 0. The fourth-order valence-corrected chi connectivity index (χ4v) is 0.812. The molecule has 0 amide bonds. The second-order valence-corrected chi connectivity index (χ2v) is 3.14. The molecule has 0 aromatic carbocycles. The summed E-state index contributed by atoms with van der Waals surface area (Å²) < 4.78 is 19.6. The highest BCUT2D eigenvalue weighted by Gasteiger charge is 1.87. The predicted octanol–water partition coefficient (Wildman–Crippen LogP) is 1.65.